The number of rotatable bonds is 3. The van der Waals surface area contributed by atoms with Gasteiger partial charge in [0.25, 0.3) is 0 Å². The second-order valence-electron chi connectivity index (χ2n) is 4.02. The molecule has 2 aromatic rings. The second kappa shape index (κ2) is 4.88. The van der Waals surface area contributed by atoms with Gasteiger partial charge in [-0.1, -0.05) is 43.0 Å². The zero-order valence-electron chi connectivity index (χ0n) is 10.2. The number of aryl methyl sites for hydroxylation is 1. The number of methoxy groups -OCH3 is 1. The van der Waals surface area contributed by atoms with Gasteiger partial charge >= 0.3 is 0 Å². The van der Waals surface area contributed by atoms with Crippen molar-refractivity contribution in [1.82, 2.24) is 0 Å². The van der Waals surface area contributed by atoms with Gasteiger partial charge in [-0.2, -0.15) is 0 Å². The molecule has 0 aliphatic rings. The zero-order chi connectivity index (χ0) is 12.3. The highest BCUT2D eigenvalue weighted by atomic mass is 16.5. The fraction of sp³-hybridized carbons (Fsp3) is 0.125. The van der Waals surface area contributed by atoms with Crippen LogP contribution in [0.15, 0.2) is 55.1 Å². The highest BCUT2D eigenvalue weighted by Crippen LogP contribution is 2.25. The summed E-state index contributed by atoms with van der Waals surface area (Å²) >= 11 is 0. The second-order valence-corrected chi connectivity index (χ2v) is 4.02. The van der Waals surface area contributed by atoms with Gasteiger partial charge in [0.1, 0.15) is 5.75 Å². The maximum atomic E-state index is 5.15. The molecule has 0 saturated heterocycles. The van der Waals surface area contributed by atoms with Gasteiger partial charge in [0.15, 0.2) is 0 Å². The fourth-order valence-electron chi connectivity index (χ4n) is 1.86. The molecule has 0 unspecified atom stereocenters. The Morgan fingerprint density at radius 2 is 1.65 bits per heavy atom. The van der Waals surface area contributed by atoms with Crippen LogP contribution in [0.1, 0.15) is 16.7 Å². The lowest BCUT2D eigenvalue weighted by Gasteiger charge is -2.10. The molecule has 0 N–H and O–H groups in total. The van der Waals surface area contributed by atoms with Gasteiger partial charge in [0.05, 0.1) is 7.11 Å². The van der Waals surface area contributed by atoms with Gasteiger partial charge in [-0.15, -0.1) is 0 Å². The highest BCUT2D eigenvalue weighted by molar-refractivity contribution is 5.79. The molecule has 0 fully saturated rings. The third kappa shape index (κ3) is 2.39. The maximum absolute atomic E-state index is 5.15. The van der Waals surface area contributed by atoms with Crippen LogP contribution < -0.4 is 4.74 Å². The molecule has 0 saturated carbocycles. The third-order valence-corrected chi connectivity index (χ3v) is 2.91. The molecule has 0 heterocycles. The smallest absolute Gasteiger partial charge is 0.118 e. The predicted octanol–water partition coefficient (Wildman–Crippen LogP) is 4.07. The fourth-order valence-corrected chi connectivity index (χ4v) is 1.86. The van der Waals surface area contributed by atoms with Crippen LogP contribution in [0.5, 0.6) is 5.75 Å². The summed E-state index contributed by atoms with van der Waals surface area (Å²) in [5.74, 6) is 0.867. The molecule has 0 bridgehead atoms. The molecule has 86 valence electrons. The van der Waals surface area contributed by atoms with Crippen molar-refractivity contribution in [3.63, 3.8) is 0 Å². The van der Waals surface area contributed by atoms with E-state index in [4.69, 9.17) is 4.74 Å². The average molecular weight is 224 g/mol. The molecule has 2 rings (SSSR count). The van der Waals surface area contributed by atoms with Crippen molar-refractivity contribution in [1.29, 1.82) is 0 Å². The van der Waals surface area contributed by atoms with Crippen LogP contribution in [0.2, 0.25) is 0 Å². The quantitative estimate of drug-likeness (QED) is 0.763. The zero-order valence-corrected chi connectivity index (χ0v) is 10.2. The Morgan fingerprint density at radius 3 is 2.24 bits per heavy atom. The third-order valence-electron chi connectivity index (χ3n) is 2.91. The first-order valence-electron chi connectivity index (χ1n) is 5.61. The summed E-state index contributed by atoms with van der Waals surface area (Å²) in [6.45, 7) is 6.27. The molecule has 0 spiro atoms. The van der Waals surface area contributed by atoms with E-state index < -0.39 is 0 Å². The minimum atomic E-state index is 0.867. The number of benzene rings is 2. The summed E-state index contributed by atoms with van der Waals surface area (Å²) < 4.78 is 5.15. The van der Waals surface area contributed by atoms with Gasteiger partial charge in [-0.25, -0.2) is 0 Å². The first-order chi connectivity index (χ1) is 8.22. The lowest BCUT2D eigenvalue weighted by atomic mass is 9.96. The Kier molecular flexibility index (Phi) is 3.29. The minimum Gasteiger partial charge on any atom is -0.497 e. The molecule has 2 aromatic carbocycles. The van der Waals surface area contributed by atoms with Crippen LogP contribution in [0.3, 0.4) is 0 Å². The highest BCUT2D eigenvalue weighted by Gasteiger charge is 2.04. The van der Waals surface area contributed by atoms with E-state index >= 15 is 0 Å². The Morgan fingerprint density at radius 1 is 1.00 bits per heavy atom. The topological polar surface area (TPSA) is 9.23 Å². The van der Waals surface area contributed by atoms with E-state index in [-0.39, 0.29) is 0 Å². The van der Waals surface area contributed by atoms with Gasteiger partial charge in [0, 0.05) is 0 Å². The molecular weight excluding hydrogens is 208 g/mol. The standard InChI is InChI=1S/C16H16O/c1-12-6-4-5-7-16(12)13(2)14-8-10-15(17-3)11-9-14/h4-11H,2H2,1,3H3. The van der Waals surface area contributed by atoms with Crippen molar-refractivity contribution in [3.8, 4) is 5.75 Å². The summed E-state index contributed by atoms with van der Waals surface area (Å²) in [4.78, 5) is 0. The molecular formula is C16H16O. The summed E-state index contributed by atoms with van der Waals surface area (Å²) in [5, 5.41) is 0. The molecule has 0 radical (unpaired) electrons. The predicted molar refractivity (Wildman–Crippen MR) is 72.3 cm³/mol. The van der Waals surface area contributed by atoms with Gasteiger partial charge < -0.3 is 4.74 Å². The van der Waals surface area contributed by atoms with Crippen LogP contribution in [0.25, 0.3) is 5.57 Å². The van der Waals surface area contributed by atoms with Crippen LogP contribution in [-0.2, 0) is 0 Å². The minimum absolute atomic E-state index is 0.867. The first kappa shape index (κ1) is 11.5. The van der Waals surface area contributed by atoms with E-state index in [1.54, 1.807) is 7.11 Å². The molecule has 0 amide bonds. The molecule has 0 aliphatic heterocycles. The van der Waals surface area contributed by atoms with Crippen LogP contribution in [0.4, 0.5) is 0 Å². The van der Waals surface area contributed by atoms with Crippen molar-refractivity contribution < 1.29 is 4.74 Å². The van der Waals surface area contributed by atoms with E-state index in [1.807, 2.05) is 36.4 Å². The molecule has 1 heteroatoms. The monoisotopic (exact) mass is 224 g/mol. The maximum Gasteiger partial charge on any atom is 0.118 e. The van der Waals surface area contributed by atoms with Crippen molar-refractivity contribution in [2.75, 3.05) is 7.11 Å². The molecule has 1 nitrogen and oxygen atoms in total. The summed E-state index contributed by atoms with van der Waals surface area (Å²) in [6, 6.07) is 16.3. The number of hydrogen-bond donors (Lipinski definition) is 0. The Balaban J connectivity index is 2.34. The van der Waals surface area contributed by atoms with E-state index in [0.717, 1.165) is 16.9 Å². The van der Waals surface area contributed by atoms with E-state index in [2.05, 4.69) is 25.6 Å². The van der Waals surface area contributed by atoms with Crippen molar-refractivity contribution in [3.05, 3.63) is 71.8 Å². The van der Waals surface area contributed by atoms with Gasteiger partial charge in [-0.05, 0) is 41.3 Å². The molecule has 0 aromatic heterocycles. The van der Waals surface area contributed by atoms with Crippen LogP contribution in [0, 0.1) is 6.92 Å². The normalized spacial score (nSPS) is 10.0. The molecule has 0 aliphatic carbocycles. The summed E-state index contributed by atoms with van der Waals surface area (Å²) in [6.07, 6.45) is 0. The van der Waals surface area contributed by atoms with Gasteiger partial charge in [0.2, 0.25) is 0 Å². The van der Waals surface area contributed by atoms with Crippen molar-refractivity contribution in [2.45, 2.75) is 6.92 Å². The van der Waals surface area contributed by atoms with Crippen LogP contribution in [-0.4, -0.2) is 7.11 Å². The van der Waals surface area contributed by atoms with Crippen LogP contribution >= 0.6 is 0 Å². The summed E-state index contributed by atoms with van der Waals surface area (Å²) in [7, 11) is 1.67. The first-order valence-corrected chi connectivity index (χ1v) is 5.61. The Labute approximate surface area is 102 Å². The van der Waals surface area contributed by atoms with E-state index in [0.29, 0.717) is 0 Å². The average Bonchev–Trinajstić information content (AvgIpc) is 2.39. The van der Waals surface area contributed by atoms with Crippen molar-refractivity contribution >= 4 is 5.57 Å². The largest absolute Gasteiger partial charge is 0.497 e. The Hall–Kier alpha value is -2.02. The van der Waals surface area contributed by atoms with E-state index in [1.165, 1.54) is 11.1 Å². The van der Waals surface area contributed by atoms with E-state index in [9.17, 15) is 0 Å². The SMILES string of the molecule is C=C(c1ccc(OC)cc1)c1ccccc1C. The number of ether oxygens (including phenoxy) is 1. The lowest BCUT2D eigenvalue weighted by molar-refractivity contribution is 0.415. The van der Waals surface area contributed by atoms with Crippen molar-refractivity contribution in [2.24, 2.45) is 0 Å². The number of hydrogen-bond acceptors (Lipinski definition) is 1. The Bertz CT molecular complexity index is 523. The van der Waals surface area contributed by atoms with Gasteiger partial charge in [-0.3, -0.25) is 0 Å². The lowest BCUT2D eigenvalue weighted by Crippen LogP contribution is -1.90. The summed E-state index contributed by atoms with van der Waals surface area (Å²) in [5.41, 5.74) is 4.61. The molecule has 0 atom stereocenters. The molecule has 17 heavy (non-hydrogen) atoms.